The summed E-state index contributed by atoms with van der Waals surface area (Å²) in [5.41, 5.74) is 3.18. The van der Waals surface area contributed by atoms with Crippen molar-refractivity contribution in [2.45, 2.75) is 28.2 Å². The highest BCUT2D eigenvalue weighted by Crippen LogP contribution is 2.42. The van der Waals surface area contributed by atoms with Gasteiger partial charge in [-0.05, 0) is 96.1 Å². The number of aliphatic hydroxyl groups is 1. The summed E-state index contributed by atoms with van der Waals surface area (Å²) in [5.74, 6) is 0.259. The first-order valence-electron chi connectivity index (χ1n) is 20.5. The molecule has 71 heavy (non-hydrogen) atoms. The van der Waals surface area contributed by atoms with E-state index in [1.165, 1.54) is 67.5 Å². The van der Waals surface area contributed by atoms with E-state index in [4.69, 9.17) is 9.47 Å². The van der Waals surface area contributed by atoms with Gasteiger partial charge in [0.05, 0.1) is 48.5 Å². The first-order valence-corrected chi connectivity index (χ1v) is 24.9. The quantitative estimate of drug-likeness (QED) is 0.0529. The van der Waals surface area contributed by atoms with E-state index in [9.17, 15) is 49.1 Å². The fourth-order valence-electron chi connectivity index (χ4n) is 7.65. The van der Waals surface area contributed by atoms with Gasteiger partial charge in [-0.2, -0.15) is 40.3 Å². The lowest BCUT2D eigenvalue weighted by atomic mass is 10.1. The molecule has 0 spiro atoms. The van der Waals surface area contributed by atoms with E-state index >= 15 is 0 Å². The summed E-state index contributed by atoms with van der Waals surface area (Å²) in [4.78, 5) is -0.565. The van der Waals surface area contributed by atoms with Crippen molar-refractivity contribution in [3.63, 3.8) is 0 Å². The van der Waals surface area contributed by atoms with Crippen molar-refractivity contribution >= 4 is 108 Å². The maximum Gasteiger partial charge on any atom is 0.295 e. The number of hydrogen-bond donors (Lipinski definition) is 5. The molecule has 9 aromatic rings. The molecule has 1 aromatic heterocycles. The topological polar surface area (TPSA) is 327 Å². The highest BCUT2D eigenvalue weighted by atomic mass is 32.2. The van der Waals surface area contributed by atoms with Gasteiger partial charge in [0, 0.05) is 39.2 Å². The highest BCUT2D eigenvalue weighted by Gasteiger charge is 2.23. The summed E-state index contributed by atoms with van der Waals surface area (Å²) in [5, 5.41) is 58.2. The van der Waals surface area contributed by atoms with E-state index in [2.05, 4.69) is 40.9 Å². The van der Waals surface area contributed by atoms with Crippen molar-refractivity contribution in [1.29, 1.82) is 0 Å². The second kappa shape index (κ2) is 18.3. The molecule has 8 aromatic carbocycles. The molecule has 360 valence electrons. The van der Waals surface area contributed by atoms with Crippen LogP contribution in [-0.2, 0) is 37.0 Å². The molecular weight excluding hydrogens is 983 g/mol. The van der Waals surface area contributed by atoms with Gasteiger partial charge in [-0.15, -0.1) is 30.7 Å². The Balaban J connectivity index is 0.966. The molecule has 22 nitrogen and oxygen atoms in total. The average molecular weight is 1020 g/mol. The molecular formula is C46H35N9O13S3. The van der Waals surface area contributed by atoms with Crippen LogP contribution in [0.5, 0.6) is 17.2 Å². The van der Waals surface area contributed by atoms with Crippen LogP contribution in [0.1, 0.15) is 11.1 Å². The first-order chi connectivity index (χ1) is 33.7. The van der Waals surface area contributed by atoms with Crippen LogP contribution in [0.2, 0.25) is 0 Å². The maximum absolute atomic E-state index is 12.2. The van der Waals surface area contributed by atoms with E-state index in [0.29, 0.717) is 56.1 Å². The molecule has 0 aliphatic heterocycles. The van der Waals surface area contributed by atoms with E-state index in [0.717, 1.165) is 6.07 Å². The van der Waals surface area contributed by atoms with Crippen LogP contribution in [-0.4, -0.2) is 78.3 Å². The summed E-state index contributed by atoms with van der Waals surface area (Å²) in [7, 11) is -11.5. The largest absolute Gasteiger partial charge is 0.505 e. The van der Waals surface area contributed by atoms with Gasteiger partial charge in [0.2, 0.25) is 0 Å². The predicted molar refractivity (Wildman–Crippen MR) is 258 cm³/mol. The zero-order valence-corrected chi connectivity index (χ0v) is 39.4. The standard InChI is InChI=1S/C46H35N9O13S3/c1-24-15-39(41(67-2)21-37(24)49-47-28-9-7-25-5-4-6-43(33(25)18-28)70(61,62)63)51-50-38-22-42(68-3)40(17-27(38)23-56)52-48-36-13-8-26-16-29(10-11-31(26)46(36)57)55-53-35-14-12-32-34(45(35)54-55)19-30(69(58,59)60)20-44(32)71(64,65)66/h4-22,56-57H,23H2,1-3H3,(H,58,59,60)(H,61,62,63)(H,64,65,66). The van der Waals surface area contributed by atoms with E-state index in [1.807, 2.05) is 0 Å². The van der Waals surface area contributed by atoms with Crippen LogP contribution >= 0.6 is 0 Å². The Labute approximate surface area is 402 Å². The normalized spacial score (nSPS) is 12.7. The Morgan fingerprint density at radius 3 is 1.89 bits per heavy atom. The smallest absolute Gasteiger partial charge is 0.295 e. The van der Waals surface area contributed by atoms with Crippen molar-refractivity contribution in [3.05, 3.63) is 126 Å². The van der Waals surface area contributed by atoms with Gasteiger partial charge in [-0.3, -0.25) is 13.7 Å². The molecule has 0 fully saturated rings. The van der Waals surface area contributed by atoms with Gasteiger partial charge in [0.25, 0.3) is 30.4 Å². The third kappa shape index (κ3) is 9.48. The molecule has 0 saturated carbocycles. The number of methoxy groups -OCH3 is 2. The molecule has 1 heterocycles. The number of ether oxygens (including phenoxy) is 2. The summed E-state index contributed by atoms with van der Waals surface area (Å²) in [6, 6.07) is 28.0. The van der Waals surface area contributed by atoms with Crippen LogP contribution in [0, 0.1) is 6.92 Å². The lowest BCUT2D eigenvalue weighted by Gasteiger charge is -2.10. The van der Waals surface area contributed by atoms with Crippen LogP contribution in [0.4, 0.5) is 34.1 Å². The van der Waals surface area contributed by atoms with Gasteiger partial charge >= 0.3 is 0 Å². The molecule has 5 N–H and O–H groups in total. The van der Waals surface area contributed by atoms with Crippen molar-refractivity contribution in [3.8, 4) is 22.9 Å². The van der Waals surface area contributed by atoms with E-state index in [1.54, 1.807) is 61.5 Å². The number of azo groups is 3. The number of rotatable bonds is 13. The number of aryl methyl sites for hydroxylation is 1. The zero-order valence-electron chi connectivity index (χ0n) is 36.9. The molecule has 0 amide bonds. The SMILES string of the molecule is COc1cc(N=Nc2ccc3cccc(S(=O)(=O)O)c3c2)c(C)cc1N=Nc1cc(OC)c(N=Nc2ccc3cc(-n4nc5ccc6c(S(=O)(=O)O)cc(S(=O)(=O)O)cc6c5n4)ccc3c2O)cc1CO. The lowest BCUT2D eigenvalue weighted by Crippen LogP contribution is -2.04. The number of phenolic OH excluding ortho intramolecular Hbond substituents is 1. The Morgan fingerprint density at radius 2 is 1.20 bits per heavy atom. The minimum Gasteiger partial charge on any atom is -0.505 e. The molecule has 0 aliphatic carbocycles. The summed E-state index contributed by atoms with van der Waals surface area (Å²) < 4.78 is 113. The third-order valence-electron chi connectivity index (χ3n) is 11.1. The lowest BCUT2D eigenvalue weighted by molar-refractivity contribution is 0.282. The van der Waals surface area contributed by atoms with Crippen LogP contribution in [0.25, 0.3) is 49.0 Å². The van der Waals surface area contributed by atoms with Crippen LogP contribution in [0.15, 0.2) is 161 Å². The Kier molecular flexibility index (Phi) is 12.3. The molecule has 0 bridgehead atoms. The third-order valence-corrected chi connectivity index (χ3v) is 13.8. The predicted octanol–water partition coefficient (Wildman–Crippen LogP) is 10.4. The minimum absolute atomic E-state index is 0.0182. The molecule has 0 unspecified atom stereocenters. The van der Waals surface area contributed by atoms with Gasteiger partial charge in [0.1, 0.15) is 49.4 Å². The minimum atomic E-state index is -4.93. The number of phenols is 1. The Hall–Kier alpha value is -8.17. The van der Waals surface area contributed by atoms with E-state index in [-0.39, 0.29) is 66.4 Å². The van der Waals surface area contributed by atoms with Crippen molar-refractivity contribution < 1.29 is 58.6 Å². The Morgan fingerprint density at radius 1 is 0.549 bits per heavy atom. The van der Waals surface area contributed by atoms with Crippen molar-refractivity contribution in [1.82, 2.24) is 15.0 Å². The second-order valence-electron chi connectivity index (χ2n) is 15.6. The van der Waals surface area contributed by atoms with Gasteiger partial charge < -0.3 is 19.7 Å². The molecule has 0 radical (unpaired) electrons. The molecule has 25 heteroatoms. The molecule has 0 aliphatic rings. The number of fused-ring (bicyclic) bond motifs is 5. The molecule has 0 saturated heterocycles. The first kappa shape index (κ1) is 47.9. The monoisotopic (exact) mass is 1020 g/mol. The highest BCUT2D eigenvalue weighted by molar-refractivity contribution is 7.87. The summed E-state index contributed by atoms with van der Waals surface area (Å²) in [6.45, 7) is 1.29. The van der Waals surface area contributed by atoms with E-state index < -0.39 is 46.8 Å². The molecule has 9 rings (SSSR count). The van der Waals surface area contributed by atoms with Gasteiger partial charge in [-0.1, -0.05) is 30.3 Å². The summed E-state index contributed by atoms with van der Waals surface area (Å²) in [6.07, 6.45) is 0. The average Bonchev–Trinajstić information content (AvgIpc) is 3.79. The van der Waals surface area contributed by atoms with Crippen molar-refractivity contribution in [2.24, 2.45) is 30.7 Å². The number of benzene rings is 8. The Bertz CT molecular complexity index is 4150. The van der Waals surface area contributed by atoms with Crippen molar-refractivity contribution in [2.75, 3.05) is 14.2 Å². The van der Waals surface area contributed by atoms with Gasteiger partial charge in [0.15, 0.2) is 5.75 Å². The number of hydrogen-bond acceptors (Lipinski definition) is 18. The summed E-state index contributed by atoms with van der Waals surface area (Å²) >= 11 is 0. The number of aromatic hydroxyl groups is 1. The number of nitrogens with zero attached hydrogens (tertiary/aromatic N) is 9. The van der Waals surface area contributed by atoms with Crippen LogP contribution < -0.4 is 9.47 Å². The maximum atomic E-state index is 12.2. The zero-order chi connectivity index (χ0) is 50.6. The molecule has 0 atom stereocenters. The fraction of sp³-hybridized carbons (Fsp3) is 0.0870. The van der Waals surface area contributed by atoms with Gasteiger partial charge in [-0.25, -0.2) is 0 Å². The number of aromatic nitrogens is 3. The number of aliphatic hydroxyl groups excluding tert-OH is 1. The second-order valence-corrected chi connectivity index (χ2v) is 19.8. The van der Waals surface area contributed by atoms with Crippen LogP contribution in [0.3, 0.4) is 0 Å². The fourth-order valence-corrected chi connectivity index (χ4v) is 9.69.